The first kappa shape index (κ1) is 17.6. The molecule has 0 spiro atoms. The van der Waals surface area contributed by atoms with Crippen molar-refractivity contribution in [2.24, 2.45) is 12.0 Å². The first-order valence-electron chi connectivity index (χ1n) is 6.81. The van der Waals surface area contributed by atoms with E-state index in [1.807, 2.05) is 13.1 Å². The minimum atomic E-state index is 0. The molecule has 6 heteroatoms. The summed E-state index contributed by atoms with van der Waals surface area (Å²) in [6, 6.07) is 6.11. The number of aryl methyl sites for hydroxylation is 1. The molecule has 0 saturated heterocycles. The van der Waals surface area contributed by atoms with Gasteiger partial charge in [-0.25, -0.2) is 4.99 Å². The zero-order chi connectivity index (χ0) is 14.4. The molecular weight excluding hydrogens is 379 g/mol. The van der Waals surface area contributed by atoms with Gasteiger partial charge in [-0.05, 0) is 25.1 Å². The fraction of sp³-hybridized carbons (Fsp3) is 0.400. The number of rotatable bonds is 5. The van der Waals surface area contributed by atoms with E-state index in [1.54, 1.807) is 12.5 Å². The first-order chi connectivity index (χ1) is 9.70. The van der Waals surface area contributed by atoms with Gasteiger partial charge in [-0.2, -0.15) is 0 Å². The lowest BCUT2D eigenvalue weighted by Gasteiger charge is -2.22. The van der Waals surface area contributed by atoms with Gasteiger partial charge in [0.2, 0.25) is 0 Å². The Balaban J connectivity index is 0.00000220. The Morgan fingerprint density at radius 2 is 2.24 bits per heavy atom. The minimum absolute atomic E-state index is 0. The zero-order valence-corrected chi connectivity index (χ0v) is 15.1. The van der Waals surface area contributed by atoms with Crippen molar-refractivity contribution >= 4 is 29.9 Å². The molecule has 0 aliphatic rings. The number of aromatic nitrogens is 1. The monoisotopic (exact) mass is 402 g/mol. The van der Waals surface area contributed by atoms with Crippen molar-refractivity contribution in [1.82, 2.24) is 14.8 Å². The molecular formula is C15H23IN4O. The molecule has 0 aromatic carbocycles. The summed E-state index contributed by atoms with van der Waals surface area (Å²) in [6.07, 6.45) is 5.45. The maximum Gasteiger partial charge on any atom is 0.194 e. The number of aliphatic imine (C=N–C) groups is 1. The predicted octanol–water partition coefficient (Wildman–Crippen LogP) is 2.83. The third-order valence-electron chi connectivity index (χ3n) is 3.14. The quantitative estimate of drug-likeness (QED) is 0.475. The minimum Gasteiger partial charge on any atom is -0.472 e. The van der Waals surface area contributed by atoms with Gasteiger partial charge in [0.15, 0.2) is 5.96 Å². The smallest absolute Gasteiger partial charge is 0.194 e. The Labute approximate surface area is 143 Å². The molecule has 2 aromatic heterocycles. The van der Waals surface area contributed by atoms with Crippen LogP contribution < -0.4 is 5.32 Å². The maximum atomic E-state index is 5.06. The zero-order valence-electron chi connectivity index (χ0n) is 12.7. The molecule has 116 valence electrons. The van der Waals surface area contributed by atoms with E-state index in [2.05, 4.69) is 52.1 Å². The largest absolute Gasteiger partial charge is 0.472 e. The predicted molar refractivity (Wildman–Crippen MR) is 95.8 cm³/mol. The molecule has 0 amide bonds. The highest BCUT2D eigenvalue weighted by Gasteiger charge is 2.08. The van der Waals surface area contributed by atoms with Gasteiger partial charge in [0, 0.05) is 38.1 Å². The van der Waals surface area contributed by atoms with E-state index in [-0.39, 0.29) is 24.0 Å². The van der Waals surface area contributed by atoms with Gasteiger partial charge < -0.3 is 19.2 Å². The van der Waals surface area contributed by atoms with E-state index in [4.69, 9.17) is 4.42 Å². The van der Waals surface area contributed by atoms with Crippen molar-refractivity contribution in [2.75, 3.05) is 13.6 Å². The van der Waals surface area contributed by atoms with Gasteiger partial charge in [-0.15, -0.1) is 24.0 Å². The van der Waals surface area contributed by atoms with Crippen molar-refractivity contribution in [3.63, 3.8) is 0 Å². The number of hydrogen-bond acceptors (Lipinski definition) is 2. The topological polar surface area (TPSA) is 45.7 Å². The van der Waals surface area contributed by atoms with E-state index in [1.165, 1.54) is 5.69 Å². The summed E-state index contributed by atoms with van der Waals surface area (Å²) in [5, 5.41) is 3.31. The Morgan fingerprint density at radius 1 is 1.43 bits per heavy atom. The van der Waals surface area contributed by atoms with Crippen molar-refractivity contribution in [3.05, 3.63) is 48.2 Å². The first-order valence-corrected chi connectivity index (χ1v) is 6.81. The van der Waals surface area contributed by atoms with Gasteiger partial charge in [0.25, 0.3) is 0 Å². The van der Waals surface area contributed by atoms with Gasteiger partial charge in [0.1, 0.15) is 0 Å². The van der Waals surface area contributed by atoms with Crippen LogP contribution in [0.25, 0.3) is 0 Å². The fourth-order valence-corrected chi connectivity index (χ4v) is 2.00. The Morgan fingerprint density at radius 3 is 2.81 bits per heavy atom. The third-order valence-corrected chi connectivity index (χ3v) is 3.14. The van der Waals surface area contributed by atoms with Crippen LogP contribution in [0.3, 0.4) is 0 Å². The molecule has 0 aliphatic carbocycles. The van der Waals surface area contributed by atoms with Crippen LogP contribution >= 0.6 is 24.0 Å². The summed E-state index contributed by atoms with van der Waals surface area (Å²) < 4.78 is 7.18. The lowest BCUT2D eigenvalue weighted by Crippen LogP contribution is -2.38. The Hall–Kier alpha value is -1.44. The molecule has 0 unspecified atom stereocenters. The summed E-state index contributed by atoms with van der Waals surface area (Å²) in [5.41, 5.74) is 2.33. The highest BCUT2D eigenvalue weighted by molar-refractivity contribution is 14.0. The van der Waals surface area contributed by atoms with Gasteiger partial charge >= 0.3 is 0 Å². The number of hydrogen-bond donors (Lipinski definition) is 1. The molecule has 0 bridgehead atoms. The normalized spacial score (nSPS) is 11.1. The molecule has 21 heavy (non-hydrogen) atoms. The molecule has 0 fully saturated rings. The van der Waals surface area contributed by atoms with Crippen LogP contribution in [0.4, 0.5) is 0 Å². The molecule has 0 saturated carbocycles. The second-order valence-corrected chi connectivity index (χ2v) is 4.77. The van der Waals surface area contributed by atoms with Crippen LogP contribution in [0.15, 0.2) is 46.3 Å². The summed E-state index contributed by atoms with van der Waals surface area (Å²) in [5.74, 6) is 0.898. The molecule has 0 radical (unpaired) electrons. The number of guanidine groups is 1. The number of halogens is 1. The highest BCUT2D eigenvalue weighted by Crippen LogP contribution is 2.06. The number of nitrogens with zero attached hydrogens (tertiary/aromatic N) is 3. The van der Waals surface area contributed by atoms with Crippen LogP contribution in [-0.2, 0) is 20.1 Å². The van der Waals surface area contributed by atoms with E-state index in [0.717, 1.165) is 24.6 Å². The van der Waals surface area contributed by atoms with Crippen LogP contribution in [0.2, 0.25) is 0 Å². The van der Waals surface area contributed by atoms with Crippen molar-refractivity contribution in [3.8, 4) is 0 Å². The van der Waals surface area contributed by atoms with Crippen LogP contribution in [0, 0.1) is 0 Å². The molecule has 1 N–H and O–H groups in total. The van der Waals surface area contributed by atoms with E-state index in [9.17, 15) is 0 Å². The molecule has 0 atom stereocenters. The van der Waals surface area contributed by atoms with E-state index < -0.39 is 0 Å². The molecule has 5 nitrogen and oxygen atoms in total. The maximum absolute atomic E-state index is 5.06. The van der Waals surface area contributed by atoms with Gasteiger partial charge in [-0.3, -0.25) is 0 Å². The number of nitrogens with one attached hydrogen (secondary N) is 1. The van der Waals surface area contributed by atoms with Crippen molar-refractivity contribution < 1.29 is 4.42 Å². The van der Waals surface area contributed by atoms with Gasteiger partial charge in [0.05, 0.1) is 25.6 Å². The lowest BCUT2D eigenvalue weighted by molar-refractivity contribution is 0.462. The van der Waals surface area contributed by atoms with Crippen LogP contribution in [-0.4, -0.2) is 29.0 Å². The molecule has 0 aliphatic heterocycles. The average molecular weight is 402 g/mol. The second kappa shape index (κ2) is 8.76. The van der Waals surface area contributed by atoms with E-state index >= 15 is 0 Å². The Kier molecular flexibility index (Phi) is 7.35. The van der Waals surface area contributed by atoms with Gasteiger partial charge in [-0.1, -0.05) is 0 Å². The molecule has 2 aromatic rings. The lowest BCUT2D eigenvalue weighted by atomic mass is 10.3. The third kappa shape index (κ3) is 5.11. The molecule has 2 rings (SSSR count). The Bertz CT molecular complexity index is 548. The molecule has 2 heterocycles. The van der Waals surface area contributed by atoms with Crippen molar-refractivity contribution in [2.45, 2.75) is 20.0 Å². The number of furan rings is 1. The summed E-state index contributed by atoms with van der Waals surface area (Å²) in [7, 11) is 4.10. The standard InChI is InChI=1S/C15H22N4O.HI/c1-4-16-15(17-10-13-7-9-20-12-13)19(3)11-14-6-5-8-18(14)2;/h5-9,12H,4,10-11H2,1-3H3,(H,16,17);1H. The second-order valence-electron chi connectivity index (χ2n) is 4.77. The fourth-order valence-electron chi connectivity index (χ4n) is 2.00. The van der Waals surface area contributed by atoms with Crippen LogP contribution in [0.5, 0.6) is 0 Å². The summed E-state index contributed by atoms with van der Waals surface area (Å²) in [6.45, 7) is 4.36. The van der Waals surface area contributed by atoms with Crippen molar-refractivity contribution in [1.29, 1.82) is 0 Å². The summed E-state index contributed by atoms with van der Waals surface area (Å²) >= 11 is 0. The average Bonchev–Trinajstić information content (AvgIpc) is 3.07. The summed E-state index contributed by atoms with van der Waals surface area (Å²) in [4.78, 5) is 6.75. The SMILES string of the molecule is CCNC(=NCc1ccoc1)N(C)Cc1cccn1C.I. The van der Waals surface area contributed by atoms with E-state index in [0.29, 0.717) is 6.54 Å². The highest BCUT2D eigenvalue weighted by atomic mass is 127. The van der Waals surface area contributed by atoms with Crippen LogP contribution in [0.1, 0.15) is 18.2 Å².